The SMILES string of the molecule is CCc1nccn1-c1ccc(C=O)cc1C. The van der Waals surface area contributed by atoms with E-state index < -0.39 is 0 Å². The lowest BCUT2D eigenvalue weighted by Crippen LogP contribution is -2.01. The van der Waals surface area contributed by atoms with Crippen LogP contribution in [0.2, 0.25) is 0 Å². The number of carbonyl (C=O) groups excluding carboxylic acids is 1. The van der Waals surface area contributed by atoms with E-state index in [0.29, 0.717) is 5.56 Å². The maximum Gasteiger partial charge on any atom is 0.150 e. The third-order valence-electron chi connectivity index (χ3n) is 2.65. The second-order valence-electron chi connectivity index (χ2n) is 3.73. The number of nitrogens with zero attached hydrogens (tertiary/aromatic N) is 2. The highest BCUT2D eigenvalue weighted by molar-refractivity contribution is 5.75. The predicted molar refractivity (Wildman–Crippen MR) is 63.1 cm³/mol. The minimum atomic E-state index is 0.708. The molecule has 2 rings (SSSR count). The van der Waals surface area contributed by atoms with Gasteiger partial charge < -0.3 is 4.57 Å². The van der Waals surface area contributed by atoms with Crippen molar-refractivity contribution in [1.82, 2.24) is 9.55 Å². The monoisotopic (exact) mass is 214 g/mol. The van der Waals surface area contributed by atoms with Gasteiger partial charge in [-0.1, -0.05) is 6.92 Å². The largest absolute Gasteiger partial charge is 0.304 e. The van der Waals surface area contributed by atoms with Crippen LogP contribution in [-0.2, 0) is 6.42 Å². The molecule has 2 aromatic rings. The summed E-state index contributed by atoms with van der Waals surface area (Å²) in [6.07, 6.45) is 5.50. The summed E-state index contributed by atoms with van der Waals surface area (Å²) in [6.45, 7) is 4.08. The van der Waals surface area contributed by atoms with Gasteiger partial charge in [-0.15, -0.1) is 0 Å². The highest BCUT2D eigenvalue weighted by Crippen LogP contribution is 2.17. The number of aromatic nitrogens is 2. The molecule has 16 heavy (non-hydrogen) atoms. The molecule has 82 valence electrons. The molecule has 0 aliphatic rings. The van der Waals surface area contributed by atoms with Gasteiger partial charge in [0.05, 0.1) is 0 Å². The fourth-order valence-electron chi connectivity index (χ4n) is 1.84. The topological polar surface area (TPSA) is 34.9 Å². The molecule has 0 spiro atoms. The van der Waals surface area contributed by atoms with Gasteiger partial charge in [-0.2, -0.15) is 0 Å². The van der Waals surface area contributed by atoms with Crippen molar-refractivity contribution in [2.45, 2.75) is 20.3 Å². The molecule has 3 nitrogen and oxygen atoms in total. The Morgan fingerprint density at radius 1 is 1.44 bits per heavy atom. The van der Waals surface area contributed by atoms with Crippen LogP contribution in [0.15, 0.2) is 30.6 Å². The zero-order chi connectivity index (χ0) is 11.5. The number of hydrogen-bond acceptors (Lipinski definition) is 2. The number of hydrogen-bond donors (Lipinski definition) is 0. The van der Waals surface area contributed by atoms with E-state index in [4.69, 9.17) is 0 Å². The Morgan fingerprint density at radius 3 is 2.88 bits per heavy atom. The van der Waals surface area contributed by atoms with Gasteiger partial charge in [0, 0.05) is 30.1 Å². The fourth-order valence-corrected chi connectivity index (χ4v) is 1.84. The first-order valence-corrected chi connectivity index (χ1v) is 5.34. The van der Waals surface area contributed by atoms with Crippen molar-refractivity contribution in [2.24, 2.45) is 0 Å². The maximum atomic E-state index is 10.7. The minimum absolute atomic E-state index is 0.708. The molecule has 0 bridgehead atoms. The molecule has 0 atom stereocenters. The summed E-state index contributed by atoms with van der Waals surface area (Å²) >= 11 is 0. The first-order chi connectivity index (χ1) is 7.76. The Bertz CT molecular complexity index is 514. The van der Waals surface area contributed by atoms with Crippen LogP contribution in [0, 0.1) is 6.92 Å². The van der Waals surface area contributed by atoms with Gasteiger partial charge in [-0.05, 0) is 30.7 Å². The van der Waals surface area contributed by atoms with E-state index in [1.54, 1.807) is 6.20 Å². The molecular weight excluding hydrogens is 200 g/mol. The van der Waals surface area contributed by atoms with Crippen molar-refractivity contribution >= 4 is 6.29 Å². The molecule has 0 amide bonds. The van der Waals surface area contributed by atoms with Crippen LogP contribution in [-0.4, -0.2) is 15.8 Å². The number of carbonyl (C=O) groups is 1. The van der Waals surface area contributed by atoms with Crippen LogP contribution >= 0.6 is 0 Å². The quantitative estimate of drug-likeness (QED) is 0.736. The smallest absolute Gasteiger partial charge is 0.150 e. The molecule has 1 aromatic heterocycles. The van der Waals surface area contributed by atoms with Crippen molar-refractivity contribution < 1.29 is 4.79 Å². The lowest BCUT2D eigenvalue weighted by Gasteiger charge is -2.10. The average Bonchev–Trinajstić information content (AvgIpc) is 2.76. The van der Waals surface area contributed by atoms with Crippen molar-refractivity contribution in [2.75, 3.05) is 0 Å². The van der Waals surface area contributed by atoms with Crippen molar-refractivity contribution in [1.29, 1.82) is 0 Å². The molecule has 0 N–H and O–H groups in total. The van der Waals surface area contributed by atoms with E-state index in [9.17, 15) is 4.79 Å². The first-order valence-electron chi connectivity index (χ1n) is 5.34. The van der Waals surface area contributed by atoms with Crippen LogP contribution in [0.1, 0.15) is 28.7 Å². The summed E-state index contributed by atoms with van der Waals surface area (Å²) in [5.41, 5.74) is 2.87. The third kappa shape index (κ3) is 1.76. The summed E-state index contributed by atoms with van der Waals surface area (Å²) in [6, 6.07) is 5.68. The molecular formula is C13H14N2O. The van der Waals surface area contributed by atoms with Gasteiger partial charge in [0.15, 0.2) is 0 Å². The van der Waals surface area contributed by atoms with Gasteiger partial charge in [0.25, 0.3) is 0 Å². The highest BCUT2D eigenvalue weighted by atomic mass is 16.1. The van der Waals surface area contributed by atoms with Crippen LogP contribution < -0.4 is 0 Å². The Hall–Kier alpha value is -1.90. The van der Waals surface area contributed by atoms with E-state index >= 15 is 0 Å². The maximum absolute atomic E-state index is 10.7. The van der Waals surface area contributed by atoms with E-state index in [-0.39, 0.29) is 0 Å². The molecule has 1 heterocycles. The first kappa shape index (κ1) is 10.6. The number of benzene rings is 1. The summed E-state index contributed by atoms with van der Waals surface area (Å²) in [7, 11) is 0. The second-order valence-corrected chi connectivity index (χ2v) is 3.73. The summed E-state index contributed by atoms with van der Waals surface area (Å²) in [5.74, 6) is 1.03. The zero-order valence-electron chi connectivity index (χ0n) is 9.47. The summed E-state index contributed by atoms with van der Waals surface area (Å²) in [5, 5.41) is 0. The lowest BCUT2D eigenvalue weighted by molar-refractivity contribution is 0.112. The predicted octanol–water partition coefficient (Wildman–Crippen LogP) is 2.56. The minimum Gasteiger partial charge on any atom is -0.304 e. The van der Waals surface area contributed by atoms with Crippen molar-refractivity contribution in [3.05, 3.63) is 47.5 Å². The Labute approximate surface area is 94.7 Å². The van der Waals surface area contributed by atoms with Gasteiger partial charge in [0.2, 0.25) is 0 Å². The molecule has 0 aliphatic carbocycles. The van der Waals surface area contributed by atoms with Gasteiger partial charge >= 0.3 is 0 Å². The van der Waals surface area contributed by atoms with Crippen LogP contribution in [0.4, 0.5) is 0 Å². The fraction of sp³-hybridized carbons (Fsp3) is 0.231. The molecule has 0 radical (unpaired) electrons. The van der Waals surface area contributed by atoms with Crippen molar-refractivity contribution in [3.63, 3.8) is 0 Å². The standard InChI is InChI=1S/C13H14N2O/c1-3-13-14-6-7-15(13)12-5-4-11(9-16)8-10(12)2/h4-9H,3H2,1-2H3. The number of aldehydes is 1. The molecule has 0 saturated carbocycles. The van der Waals surface area contributed by atoms with Gasteiger partial charge in [-0.3, -0.25) is 4.79 Å². The van der Waals surface area contributed by atoms with E-state index in [1.165, 1.54) is 0 Å². The van der Waals surface area contributed by atoms with E-state index in [0.717, 1.165) is 29.8 Å². The molecule has 3 heteroatoms. The van der Waals surface area contributed by atoms with Gasteiger partial charge in [0.1, 0.15) is 12.1 Å². The Kier molecular flexibility index (Phi) is 2.86. The van der Waals surface area contributed by atoms with Crippen molar-refractivity contribution in [3.8, 4) is 5.69 Å². The number of rotatable bonds is 3. The van der Waals surface area contributed by atoms with E-state index in [2.05, 4.69) is 16.5 Å². The third-order valence-corrected chi connectivity index (χ3v) is 2.65. The highest BCUT2D eigenvalue weighted by Gasteiger charge is 2.06. The lowest BCUT2D eigenvalue weighted by atomic mass is 10.1. The molecule has 1 aromatic carbocycles. The molecule has 0 fully saturated rings. The summed E-state index contributed by atoms with van der Waals surface area (Å²) < 4.78 is 2.06. The van der Waals surface area contributed by atoms with Crippen LogP contribution in [0.5, 0.6) is 0 Å². The zero-order valence-corrected chi connectivity index (χ0v) is 9.47. The Morgan fingerprint density at radius 2 is 2.25 bits per heavy atom. The molecule has 0 unspecified atom stereocenters. The van der Waals surface area contributed by atoms with E-state index in [1.807, 2.05) is 31.3 Å². The molecule has 0 saturated heterocycles. The second kappa shape index (κ2) is 4.31. The summed E-state index contributed by atoms with van der Waals surface area (Å²) in [4.78, 5) is 14.9. The van der Waals surface area contributed by atoms with Crippen LogP contribution in [0.3, 0.4) is 0 Å². The Balaban J connectivity index is 2.52. The molecule has 0 aliphatic heterocycles. The normalized spacial score (nSPS) is 10.4. The number of imidazole rings is 1. The van der Waals surface area contributed by atoms with Crippen LogP contribution in [0.25, 0.3) is 5.69 Å². The number of aryl methyl sites for hydroxylation is 2. The van der Waals surface area contributed by atoms with Gasteiger partial charge in [-0.25, -0.2) is 4.98 Å². The average molecular weight is 214 g/mol.